The van der Waals surface area contributed by atoms with E-state index in [2.05, 4.69) is 46.4 Å². The Bertz CT molecular complexity index is 523. The Kier molecular flexibility index (Phi) is 2.73. The summed E-state index contributed by atoms with van der Waals surface area (Å²) >= 11 is 5.30. The fourth-order valence-corrected chi connectivity index (χ4v) is 3.72. The second kappa shape index (κ2) is 4.09. The Morgan fingerprint density at radius 3 is 3.12 bits per heavy atom. The highest BCUT2D eigenvalue weighted by Gasteiger charge is 2.26. The minimum atomic E-state index is 0.455. The molecular formula is C12H13BrN2S. The first-order valence-corrected chi connectivity index (χ1v) is 7.14. The molecule has 4 heteroatoms. The summed E-state index contributed by atoms with van der Waals surface area (Å²) in [6, 6.07) is 6.77. The Balaban J connectivity index is 2.04. The number of nitrogens with one attached hydrogen (secondary N) is 1. The highest BCUT2D eigenvalue weighted by atomic mass is 79.9. The number of fused-ring (bicyclic) bond motifs is 1. The zero-order chi connectivity index (χ0) is 11.1. The molecule has 0 amide bonds. The second-order valence-electron chi connectivity index (χ2n) is 4.36. The molecule has 0 radical (unpaired) electrons. The van der Waals surface area contributed by atoms with E-state index in [0.717, 1.165) is 16.5 Å². The lowest BCUT2D eigenvalue weighted by Crippen LogP contribution is -2.15. The second-order valence-corrected chi connectivity index (χ2v) is 6.34. The summed E-state index contributed by atoms with van der Waals surface area (Å²) in [4.78, 5) is 4.73. The van der Waals surface area contributed by atoms with Crippen LogP contribution in [0.4, 0.5) is 0 Å². The molecule has 2 aromatic rings. The van der Waals surface area contributed by atoms with Crippen molar-refractivity contribution < 1.29 is 0 Å². The van der Waals surface area contributed by atoms with Gasteiger partial charge in [0.1, 0.15) is 5.01 Å². The maximum atomic E-state index is 4.73. The van der Waals surface area contributed by atoms with Crippen LogP contribution in [0.5, 0.6) is 0 Å². The third-order valence-corrected chi connectivity index (χ3v) is 4.78. The van der Waals surface area contributed by atoms with Gasteiger partial charge in [0.05, 0.1) is 16.3 Å². The fourth-order valence-electron chi connectivity index (χ4n) is 2.22. The van der Waals surface area contributed by atoms with E-state index in [1.54, 1.807) is 0 Å². The maximum absolute atomic E-state index is 4.73. The number of hydrogen-bond acceptors (Lipinski definition) is 3. The summed E-state index contributed by atoms with van der Waals surface area (Å²) in [5.41, 5.74) is 1.11. The van der Waals surface area contributed by atoms with Crippen molar-refractivity contribution in [3.63, 3.8) is 0 Å². The maximum Gasteiger partial charge on any atom is 0.111 e. The van der Waals surface area contributed by atoms with Gasteiger partial charge in [-0.3, -0.25) is 0 Å². The van der Waals surface area contributed by atoms with E-state index in [-0.39, 0.29) is 0 Å². The molecule has 1 aromatic carbocycles. The summed E-state index contributed by atoms with van der Waals surface area (Å²) in [6.07, 6.45) is 1.25. The van der Waals surface area contributed by atoms with Crippen molar-refractivity contribution in [2.24, 2.45) is 5.92 Å². The molecule has 0 saturated carbocycles. The zero-order valence-electron chi connectivity index (χ0n) is 9.03. The molecule has 2 atom stereocenters. The molecule has 2 nitrogen and oxygen atoms in total. The van der Waals surface area contributed by atoms with Gasteiger partial charge in [-0.15, -0.1) is 11.3 Å². The highest BCUT2D eigenvalue weighted by molar-refractivity contribution is 9.10. The third kappa shape index (κ3) is 1.79. The fraction of sp³-hybridized carbons (Fsp3) is 0.417. The van der Waals surface area contributed by atoms with Crippen LogP contribution in [-0.4, -0.2) is 11.5 Å². The summed E-state index contributed by atoms with van der Waals surface area (Å²) < 4.78 is 2.38. The lowest BCUT2D eigenvalue weighted by atomic mass is 10.0. The van der Waals surface area contributed by atoms with E-state index < -0.39 is 0 Å². The molecule has 3 rings (SSSR count). The topological polar surface area (TPSA) is 24.9 Å². The molecule has 1 aromatic heterocycles. The minimum Gasteiger partial charge on any atom is -0.308 e. The molecule has 1 saturated heterocycles. The monoisotopic (exact) mass is 296 g/mol. The van der Waals surface area contributed by atoms with Crippen molar-refractivity contribution in [2.75, 3.05) is 6.54 Å². The van der Waals surface area contributed by atoms with Gasteiger partial charge in [0.15, 0.2) is 0 Å². The molecule has 0 bridgehead atoms. The van der Waals surface area contributed by atoms with Gasteiger partial charge in [0.25, 0.3) is 0 Å². The predicted octanol–water partition coefficient (Wildman–Crippen LogP) is 3.73. The summed E-state index contributed by atoms with van der Waals surface area (Å²) in [5, 5.41) is 4.77. The van der Waals surface area contributed by atoms with Gasteiger partial charge in [-0.05, 0) is 37.1 Å². The summed E-state index contributed by atoms with van der Waals surface area (Å²) in [7, 11) is 0. The van der Waals surface area contributed by atoms with Crippen LogP contribution in [0.25, 0.3) is 10.2 Å². The Labute approximate surface area is 107 Å². The van der Waals surface area contributed by atoms with Gasteiger partial charge in [-0.25, -0.2) is 4.98 Å². The van der Waals surface area contributed by atoms with E-state index in [1.807, 2.05) is 11.3 Å². The van der Waals surface area contributed by atoms with Crippen LogP contribution in [0, 0.1) is 5.92 Å². The average molecular weight is 297 g/mol. The minimum absolute atomic E-state index is 0.455. The smallest absolute Gasteiger partial charge is 0.111 e. The van der Waals surface area contributed by atoms with Crippen LogP contribution < -0.4 is 5.32 Å². The third-order valence-electron chi connectivity index (χ3n) is 3.17. The van der Waals surface area contributed by atoms with Crippen LogP contribution >= 0.6 is 27.3 Å². The van der Waals surface area contributed by atoms with E-state index >= 15 is 0 Å². The van der Waals surface area contributed by atoms with Gasteiger partial charge in [0, 0.05) is 4.47 Å². The highest BCUT2D eigenvalue weighted by Crippen LogP contribution is 2.34. The SMILES string of the molecule is CC1CCNC1c1nc2cc(Br)ccc2s1. The van der Waals surface area contributed by atoms with Crippen molar-refractivity contribution in [1.29, 1.82) is 0 Å². The zero-order valence-corrected chi connectivity index (χ0v) is 11.4. The number of thiazole rings is 1. The number of halogens is 1. The summed E-state index contributed by atoms with van der Waals surface area (Å²) in [6.45, 7) is 3.41. The van der Waals surface area contributed by atoms with Gasteiger partial charge in [-0.1, -0.05) is 22.9 Å². The van der Waals surface area contributed by atoms with Gasteiger partial charge in [0.2, 0.25) is 0 Å². The average Bonchev–Trinajstić information content (AvgIpc) is 2.82. The van der Waals surface area contributed by atoms with Crippen molar-refractivity contribution in [3.05, 3.63) is 27.7 Å². The number of benzene rings is 1. The Morgan fingerprint density at radius 2 is 2.38 bits per heavy atom. The molecule has 2 unspecified atom stereocenters. The molecular weight excluding hydrogens is 284 g/mol. The van der Waals surface area contributed by atoms with E-state index in [9.17, 15) is 0 Å². The lowest BCUT2D eigenvalue weighted by molar-refractivity contribution is 0.502. The molecule has 1 aliphatic rings. The number of hydrogen-bond donors (Lipinski definition) is 1. The number of aromatic nitrogens is 1. The predicted molar refractivity (Wildman–Crippen MR) is 71.8 cm³/mol. The molecule has 1 aliphatic heterocycles. The molecule has 1 N–H and O–H groups in total. The number of rotatable bonds is 1. The van der Waals surface area contributed by atoms with Crippen LogP contribution in [0.2, 0.25) is 0 Å². The Hall–Kier alpha value is -0.450. The Morgan fingerprint density at radius 1 is 1.50 bits per heavy atom. The molecule has 1 fully saturated rings. The first-order valence-electron chi connectivity index (χ1n) is 5.53. The normalized spacial score (nSPS) is 25.4. The molecule has 0 spiro atoms. The molecule has 0 aliphatic carbocycles. The van der Waals surface area contributed by atoms with Crippen LogP contribution in [0.1, 0.15) is 24.4 Å². The van der Waals surface area contributed by atoms with E-state index in [0.29, 0.717) is 12.0 Å². The lowest BCUT2D eigenvalue weighted by Gasteiger charge is -2.11. The molecule has 2 heterocycles. The molecule has 84 valence electrons. The van der Waals surface area contributed by atoms with Crippen LogP contribution in [-0.2, 0) is 0 Å². The van der Waals surface area contributed by atoms with Crippen molar-refractivity contribution >= 4 is 37.5 Å². The molecule has 16 heavy (non-hydrogen) atoms. The van der Waals surface area contributed by atoms with Gasteiger partial charge >= 0.3 is 0 Å². The van der Waals surface area contributed by atoms with E-state index in [4.69, 9.17) is 4.98 Å². The van der Waals surface area contributed by atoms with Crippen molar-refractivity contribution in [2.45, 2.75) is 19.4 Å². The number of nitrogens with zero attached hydrogens (tertiary/aromatic N) is 1. The van der Waals surface area contributed by atoms with Crippen molar-refractivity contribution in [1.82, 2.24) is 10.3 Å². The first-order chi connectivity index (χ1) is 7.74. The first kappa shape index (κ1) is 10.7. The van der Waals surface area contributed by atoms with Crippen LogP contribution in [0.3, 0.4) is 0 Å². The van der Waals surface area contributed by atoms with Gasteiger partial charge in [-0.2, -0.15) is 0 Å². The van der Waals surface area contributed by atoms with Gasteiger partial charge < -0.3 is 5.32 Å². The van der Waals surface area contributed by atoms with Crippen LogP contribution in [0.15, 0.2) is 22.7 Å². The standard InChI is InChI=1S/C12H13BrN2S/c1-7-4-5-14-11(7)12-15-9-6-8(13)2-3-10(9)16-12/h2-3,6-7,11,14H,4-5H2,1H3. The largest absolute Gasteiger partial charge is 0.308 e. The summed E-state index contributed by atoms with van der Waals surface area (Å²) in [5.74, 6) is 0.698. The van der Waals surface area contributed by atoms with E-state index in [1.165, 1.54) is 16.1 Å². The van der Waals surface area contributed by atoms with Crippen molar-refractivity contribution in [3.8, 4) is 0 Å². The quantitative estimate of drug-likeness (QED) is 0.867.